The summed E-state index contributed by atoms with van der Waals surface area (Å²) in [5.74, 6) is -1.12. The highest BCUT2D eigenvalue weighted by Gasteiger charge is 2.33. The van der Waals surface area contributed by atoms with E-state index in [1.165, 1.54) is 0 Å². The number of nitrogens with one attached hydrogen (secondary N) is 1. The molecule has 0 bridgehead atoms. The van der Waals surface area contributed by atoms with Crippen molar-refractivity contribution in [3.8, 4) is 0 Å². The number of carbonyl (C=O) groups is 2. The van der Waals surface area contributed by atoms with Gasteiger partial charge in [-0.1, -0.05) is 13.8 Å². The fourth-order valence-electron chi connectivity index (χ4n) is 1.25. The molecule has 0 saturated carbocycles. The Morgan fingerprint density at radius 2 is 2.15 bits per heavy atom. The van der Waals surface area contributed by atoms with E-state index in [4.69, 9.17) is 5.73 Å². The molecule has 5 heteroatoms. The maximum atomic E-state index is 11.3. The summed E-state index contributed by atoms with van der Waals surface area (Å²) in [6.07, 6.45) is 0. The number of nitrogens with zero attached hydrogens (tertiary/aromatic N) is 1. The van der Waals surface area contributed by atoms with Crippen LogP contribution < -0.4 is 11.1 Å². The van der Waals surface area contributed by atoms with Crippen molar-refractivity contribution < 1.29 is 9.59 Å². The first-order valence-corrected chi connectivity index (χ1v) is 4.18. The summed E-state index contributed by atoms with van der Waals surface area (Å²) in [5, 5.41) is 2.49. The molecule has 2 amide bonds. The third-order valence-electron chi connectivity index (χ3n) is 1.92. The van der Waals surface area contributed by atoms with Gasteiger partial charge in [-0.05, 0) is 5.92 Å². The Morgan fingerprint density at radius 1 is 1.54 bits per heavy atom. The highest BCUT2D eigenvalue weighted by atomic mass is 16.2. The molecular formula is C8H13N3O2. The van der Waals surface area contributed by atoms with E-state index in [1.54, 1.807) is 0 Å². The molecule has 5 nitrogen and oxygen atoms in total. The molecule has 0 spiro atoms. The highest BCUT2D eigenvalue weighted by molar-refractivity contribution is 6.16. The summed E-state index contributed by atoms with van der Waals surface area (Å²) in [6, 6.07) is 0. The molecule has 0 aliphatic carbocycles. The number of hydrogen-bond acceptors (Lipinski definition) is 3. The van der Waals surface area contributed by atoms with Crippen LogP contribution in [-0.4, -0.2) is 24.2 Å². The lowest BCUT2D eigenvalue weighted by Crippen LogP contribution is -2.48. The molecular weight excluding hydrogens is 170 g/mol. The molecule has 0 aromatic carbocycles. The van der Waals surface area contributed by atoms with Crippen LogP contribution in [0.15, 0.2) is 4.99 Å². The predicted molar refractivity (Wildman–Crippen MR) is 48.0 cm³/mol. The smallest absolute Gasteiger partial charge is 0.260 e. The third kappa shape index (κ3) is 1.92. The van der Waals surface area contributed by atoms with Crippen LogP contribution in [0.2, 0.25) is 0 Å². The van der Waals surface area contributed by atoms with Gasteiger partial charge in [0, 0.05) is 0 Å². The van der Waals surface area contributed by atoms with Gasteiger partial charge in [-0.15, -0.1) is 0 Å². The van der Waals surface area contributed by atoms with E-state index in [-0.39, 0.29) is 30.1 Å². The quantitative estimate of drug-likeness (QED) is 0.553. The largest absolute Gasteiger partial charge is 0.324 e. The Hall–Kier alpha value is -1.23. The Balaban J connectivity index is 2.88. The van der Waals surface area contributed by atoms with Crippen molar-refractivity contribution in [2.75, 3.05) is 6.54 Å². The molecule has 0 aromatic heterocycles. The van der Waals surface area contributed by atoms with E-state index in [0.717, 1.165) is 0 Å². The molecule has 1 atom stereocenters. The average Bonchev–Trinajstić information content (AvgIpc) is 2.02. The van der Waals surface area contributed by atoms with E-state index in [2.05, 4.69) is 10.3 Å². The molecule has 72 valence electrons. The van der Waals surface area contributed by atoms with Crippen molar-refractivity contribution in [1.82, 2.24) is 5.32 Å². The van der Waals surface area contributed by atoms with Gasteiger partial charge in [0.1, 0.15) is 11.8 Å². The van der Waals surface area contributed by atoms with E-state index >= 15 is 0 Å². The van der Waals surface area contributed by atoms with Gasteiger partial charge in [-0.2, -0.15) is 4.99 Å². The van der Waals surface area contributed by atoms with Gasteiger partial charge in [0.05, 0.1) is 6.54 Å². The summed E-state index contributed by atoms with van der Waals surface area (Å²) < 4.78 is 0. The number of amides is 2. The standard InChI is InChI=1S/C8H13N3O2/c1-4(2)6-7(12)10-5(3-9)11-8(6)13/h4,6H,3,9H2,1-2H3,(H,10,11,12,13). The number of aliphatic imine (C=N–C) groups is 1. The van der Waals surface area contributed by atoms with Crippen LogP contribution in [0.4, 0.5) is 0 Å². The molecule has 0 radical (unpaired) electrons. The maximum absolute atomic E-state index is 11.3. The fraction of sp³-hybridized carbons (Fsp3) is 0.625. The molecule has 1 aliphatic heterocycles. The summed E-state index contributed by atoms with van der Waals surface area (Å²) >= 11 is 0. The zero-order valence-corrected chi connectivity index (χ0v) is 7.70. The van der Waals surface area contributed by atoms with Crippen LogP contribution >= 0.6 is 0 Å². The summed E-state index contributed by atoms with van der Waals surface area (Å²) in [6.45, 7) is 3.71. The van der Waals surface area contributed by atoms with Crippen LogP contribution in [-0.2, 0) is 9.59 Å². The lowest BCUT2D eigenvalue weighted by atomic mass is 9.93. The normalized spacial score (nSPS) is 23.1. The van der Waals surface area contributed by atoms with Gasteiger partial charge in [0.15, 0.2) is 0 Å². The first-order chi connectivity index (χ1) is 6.06. The monoisotopic (exact) mass is 183 g/mol. The average molecular weight is 183 g/mol. The van der Waals surface area contributed by atoms with Gasteiger partial charge in [-0.3, -0.25) is 9.59 Å². The van der Waals surface area contributed by atoms with Gasteiger partial charge in [-0.25, -0.2) is 0 Å². The van der Waals surface area contributed by atoms with Crippen molar-refractivity contribution in [3.05, 3.63) is 0 Å². The maximum Gasteiger partial charge on any atom is 0.260 e. The van der Waals surface area contributed by atoms with Gasteiger partial charge >= 0.3 is 0 Å². The zero-order valence-electron chi connectivity index (χ0n) is 7.70. The second kappa shape index (κ2) is 3.66. The third-order valence-corrected chi connectivity index (χ3v) is 1.92. The molecule has 1 aliphatic rings. The minimum Gasteiger partial charge on any atom is -0.324 e. The molecule has 0 fully saturated rings. The molecule has 1 rings (SSSR count). The van der Waals surface area contributed by atoms with Crippen LogP contribution in [0.5, 0.6) is 0 Å². The van der Waals surface area contributed by atoms with Crippen molar-refractivity contribution in [2.45, 2.75) is 13.8 Å². The van der Waals surface area contributed by atoms with Crippen LogP contribution in [0, 0.1) is 11.8 Å². The van der Waals surface area contributed by atoms with Crippen molar-refractivity contribution in [2.24, 2.45) is 22.6 Å². The van der Waals surface area contributed by atoms with E-state index < -0.39 is 5.92 Å². The minimum atomic E-state index is -0.657. The number of amidine groups is 1. The summed E-state index contributed by atoms with van der Waals surface area (Å²) in [7, 11) is 0. The first kappa shape index (κ1) is 9.85. The zero-order chi connectivity index (χ0) is 10.0. The highest BCUT2D eigenvalue weighted by Crippen LogP contribution is 2.15. The Labute approximate surface area is 76.4 Å². The van der Waals surface area contributed by atoms with Crippen molar-refractivity contribution >= 4 is 17.6 Å². The Morgan fingerprint density at radius 3 is 2.54 bits per heavy atom. The predicted octanol–water partition coefficient (Wildman–Crippen LogP) is -0.728. The van der Waals surface area contributed by atoms with Crippen molar-refractivity contribution in [3.63, 3.8) is 0 Å². The molecule has 13 heavy (non-hydrogen) atoms. The lowest BCUT2D eigenvalue weighted by molar-refractivity contribution is -0.135. The van der Waals surface area contributed by atoms with Crippen LogP contribution in [0.1, 0.15) is 13.8 Å². The molecule has 3 N–H and O–H groups in total. The second-order valence-corrected chi connectivity index (χ2v) is 3.31. The molecule has 1 heterocycles. The Bertz CT molecular complexity index is 271. The fourth-order valence-corrected chi connectivity index (χ4v) is 1.25. The van der Waals surface area contributed by atoms with Crippen molar-refractivity contribution in [1.29, 1.82) is 0 Å². The number of carbonyl (C=O) groups excluding carboxylic acids is 2. The minimum absolute atomic E-state index is 0.0319. The van der Waals surface area contributed by atoms with Gasteiger partial charge in [0.25, 0.3) is 5.91 Å². The summed E-state index contributed by atoms with van der Waals surface area (Å²) in [5.41, 5.74) is 5.25. The SMILES string of the molecule is CC(C)C1C(=O)N=C(CN)NC1=O. The van der Waals surface area contributed by atoms with Gasteiger partial charge < -0.3 is 11.1 Å². The number of hydrogen-bond donors (Lipinski definition) is 2. The number of nitrogens with two attached hydrogens (primary N) is 1. The second-order valence-electron chi connectivity index (χ2n) is 3.31. The van der Waals surface area contributed by atoms with Gasteiger partial charge in [0.2, 0.25) is 5.91 Å². The topological polar surface area (TPSA) is 84.6 Å². The molecule has 0 saturated heterocycles. The number of rotatable bonds is 2. The van der Waals surface area contributed by atoms with E-state index in [0.29, 0.717) is 0 Å². The molecule has 1 unspecified atom stereocenters. The van der Waals surface area contributed by atoms with E-state index in [1.807, 2.05) is 13.8 Å². The van der Waals surface area contributed by atoms with E-state index in [9.17, 15) is 9.59 Å². The molecule has 0 aromatic rings. The van der Waals surface area contributed by atoms with Crippen LogP contribution in [0.3, 0.4) is 0 Å². The van der Waals surface area contributed by atoms with Crippen LogP contribution in [0.25, 0.3) is 0 Å². The lowest BCUT2D eigenvalue weighted by Gasteiger charge is -2.21. The Kier molecular flexibility index (Phi) is 2.77. The summed E-state index contributed by atoms with van der Waals surface area (Å²) in [4.78, 5) is 26.3. The first-order valence-electron chi connectivity index (χ1n) is 4.18.